The molecule has 1 aromatic heterocycles. The number of hydrogen-bond donors (Lipinski definition) is 0. The molecule has 0 saturated carbocycles. The Bertz CT molecular complexity index is 534. The maximum atomic E-state index is 11.5. The molecule has 1 aliphatic heterocycles. The molecular weight excluding hydrogens is 270 g/mol. The van der Waals surface area contributed by atoms with Gasteiger partial charge >= 0.3 is 0 Å². The molecule has 0 N–H and O–H groups in total. The summed E-state index contributed by atoms with van der Waals surface area (Å²) >= 11 is 0. The van der Waals surface area contributed by atoms with Crippen molar-refractivity contribution in [1.82, 2.24) is 14.3 Å². The quantitative estimate of drug-likeness (QED) is 0.791. The summed E-state index contributed by atoms with van der Waals surface area (Å²) in [5.41, 5.74) is 0. The Morgan fingerprint density at radius 2 is 2.00 bits per heavy atom. The van der Waals surface area contributed by atoms with Crippen LogP contribution in [0, 0.1) is 0 Å². The Balaban J connectivity index is 2.07. The highest BCUT2D eigenvalue weighted by atomic mass is 32.2. The van der Waals surface area contributed by atoms with Crippen molar-refractivity contribution < 1.29 is 17.9 Å². The Kier molecular flexibility index (Phi) is 4.20. The minimum absolute atomic E-state index is 0.228. The maximum absolute atomic E-state index is 11.5. The van der Waals surface area contributed by atoms with Crippen molar-refractivity contribution in [3.63, 3.8) is 0 Å². The summed E-state index contributed by atoms with van der Waals surface area (Å²) in [7, 11) is -1.69. The van der Waals surface area contributed by atoms with Gasteiger partial charge in [0.1, 0.15) is 6.10 Å². The lowest BCUT2D eigenvalue weighted by Crippen LogP contribution is -2.43. The standard InChI is InChI=1S/C11H17N3O4S/c1-17-10-11(13-6-5-12-10)18-9-4-3-7-14(8-9)19(2,15)16/h5-6,9H,3-4,7-8H2,1-2H3. The SMILES string of the molecule is COc1nccnc1OC1CCCN(S(C)(=O)=O)C1. The molecule has 8 heteroatoms. The number of methoxy groups -OCH3 is 1. The van der Waals surface area contributed by atoms with Crippen LogP contribution < -0.4 is 9.47 Å². The molecule has 0 aliphatic carbocycles. The lowest BCUT2D eigenvalue weighted by Gasteiger charge is -2.30. The second kappa shape index (κ2) is 5.70. The predicted octanol–water partition coefficient (Wildman–Crippen LogP) is 0.288. The van der Waals surface area contributed by atoms with Crippen molar-refractivity contribution in [2.24, 2.45) is 0 Å². The smallest absolute Gasteiger partial charge is 0.278 e. The first-order valence-corrected chi connectivity index (χ1v) is 7.82. The average Bonchev–Trinajstić information content (AvgIpc) is 2.39. The highest BCUT2D eigenvalue weighted by molar-refractivity contribution is 7.88. The van der Waals surface area contributed by atoms with E-state index in [-0.39, 0.29) is 6.10 Å². The first-order chi connectivity index (χ1) is 9.00. The summed E-state index contributed by atoms with van der Waals surface area (Å²) in [6.45, 7) is 0.870. The van der Waals surface area contributed by atoms with Crippen LogP contribution in [0.1, 0.15) is 12.8 Å². The van der Waals surface area contributed by atoms with E-state index in [2.05, 4.69) is 9.97 Å². The minimum Gasteiger partial charge on any atom is -0.477 e. The number of hydrogen-bond acceptors (Lipinski definition) is 6. The van der Waals surface area contributed by atoms with Crippen LogP contribution in [-0.4, -0.2) is 55.3 Å². The van der Waals surface area contributed by atoms with E-state index in [1.807, 2.05) is 0 Å². The zero-order valence-electron chi connectivity index (χ0n) is 10.9. The van der Waals surface area contributed by atoms with Crippen LogP contribution in [0.25, 0.3) is 0 Å². The molecule has 0 amide bonds. The Labute approximate surface area is 112 Å². The average molecular weight is 287 g/mol. The lowest BCUT2D eigenvalue weighted by atomic mass is 10.1. The first kappa shape index (κ1) is 14.0. The fourth-order valence-electron chi connectivity index (χ4n) is 1.99. The molecule has 106 valence electrons. The summed E-state index contributed by atoms with van der Waals surface area (Å²) in [4.78, 5) is 8.04. The number of ether oxygens (including phenoxy) is 2. The molecule has 1 atom stereocenters. The molecule has 1 saturated heterocycles. The van der Waals surface area contributed by atoms with Crippen molar-refractivity contribution >= 4 is 10.0 Å². The van der Waals surface area contributed by atoms with Crippen LogP contribution >= 0.6 is 0 Å². The van der Waals surface area contributed by atoms with E-state index < -0.39 is 10.0 Å². The van der Waals surface area contributed by atoms with Crippen LogP contribution in [-0.2, 0) is 10.0 Å². The summed E-state index contributed by atoms with van der Waals surface area (Å²) in [5.74, 6) is 0.601. The second-order valence-electron chi connectivity index (χ2n) is 4.37. The fourth-order valence-corrected chi connectivity index (χ4v) is 2.89. The van der Waals surface area contributed by atoms with Crippen molar-refractivity contribution in [2.75, 3.05) is 26.5 Å². The Morgan fingerprint density at radius 3 is 2.63 bits per heavy atom. The van der Waals surface area contributed by atoms with E-state index in [0.29, 0.717) is 24.8 Å². The van der Waals surface area contributed by atoms with Gasteiger partial charge in [-0.25, -0.2) is 18.4 Å². The van der Waals surface area contributed by atoms with Gasteiger partial charge in [0.05, 0.1) is 19.9 Å². The molecule has 1 unspecified atom stereocenters. The molecule has 1 aliphatic rings. The predicted molar refractivity (Wildman–Crippen MR) is 68.7 cm³/mol. The van der Waals surface area contributed by atoms with Gasteiger partial charge in [0.25, 0.3) is 11.8 Å². The Morgan fingerprint density at radius 1 is 1.32 bits per heavy atom. The number of nitrogens with zero attached hydrogens (tertiary/aromatic N) is 3. The fraction of sp³-hybridized carbons (Fsp3) is 0.636. The van der Waals surface area contributed by atoms with Crippen molar-refractivity contribution in [2.45, 2.75) is 18.9 Å². The maximum Gasteiger partial charge on any atom is 0.278 e. The van der Waals surface area contributed by atoms with Crippen molar-refractivity contribution in [3.8, 4) is 11.8 Å². The van der Waals surface area contributed by atoms with E-state index in [9.17, 15) is 8.42 Å². The van der Waals surface area contributed by atoms with Gasteiger partial charge in [-0.2, -0.15) is 4.31 Å². The normalized spacial score (nSPS) is 21.1. The third-order valence-electron chi connectivity index (χ3n) is 2.91. The van der Waals surface area contributed by atoms with E-state index in [1.54, 1.807) is 0 Å². The summed E-state index contributed by atoms with van der Waals surface area (Å²) in [5, 5.41) is 0. The van der Waals surface area contributed by atoms with E-state index in [1.165, 1.54) is 30.1 Å². The number of rotatable bonds is 4. The highest BCUT2D eigenvalue weighted by Gasteiger charge is 2.28. The van der Waals surface area contributed by atoms with Gasteiger partial charge in [-0.1, -0.05) is 0 Å². The molecule has 1 fully saturated rings. The monoisotopic (exact) mass is 287 g/mol. The zero-order valence-corrected chi connectivity index (χ0v) is 11.8. The molecule has 2 rings (SSSR count). The van der Waals surface area contributed by atoms with Crippen LogP contribution in [0.3, 0.4) is 0 Å². The molecule has 0 radical (unpaired) electrons. The molecule has 19 heavy (non-hydrogen) atoms. The lowest BCUT2D eigenvalue weighted by molar-refractivity contribution is 0.119. The highest BCUT2D eigenvalue weighted by Crippen LogP contribution is 2.24. The molecule has 2 heterocycles. The van der Waals surface area contributed by atoms with E-state index >= 15 is 0 Å². The number of aromatic nitrogens is 2. The minimum atomic E-state index is -3.18. The summed E-state index contributed by atoms with van der Waals surface area (Å²) in [6.07, 6.45) is 5.54. The van der Waals surface area contributed by atoms with Crippen LogP contribution in [0.4, 0.5) is 0 Å². The van der Waals surface area contributed by atoms with Gasteiger partial charge in [0.15, 0.2) is 0 Å². The summed E-state index contributed by atoms with van der Waals surface area (Å²) < 4.78 is 35.2. The largest absolute Gasteiger partial charge is 0.477 e. The third kappa shape index (κ3) is 3.54. The second-order valence-corrected chi connectivity index (χ2v) is 6.36. The van der Waals surface area contributed by atoms with Gasteiger partial charge in [-0.05, 0) is 12.8 Å². The molecule has 0 aromatic carbocycles. The summed E-state index contributed by atoms with van der Waals surface area (Å²) in [6, 6.07) is 0. The first-order valence-electron chi connectivity index (χ1n) is 5.97. The zero-order chi connectivity index (χ0) is 13.9. The van der Waals surface area contributed by atoms with Crippen LogP contribution in [0.15, 0.2) is 12.4 Å². The van der Waals surface area contributed by atoms with E-state index in [0.717, 1.165) is 12.8 Å². The van der Waals surface area contributed by atoms with Crippen LogP contribution in [0.2, 0.25) is 0 Å². The van der Waals surface area contributed by atoms with Crippen molar-refractivity contribution in [3.05, 3.63) is 12.4 Å². The molecule has 7 nitrogen and oxygen atoms in total. The van der Waals surface area contributed by atoms with E-state index in [4.69, 9.17) is 9.47 Å². The van der Waals surface area contributed by atoms with Gasteiger partial charge < -0.3 is 9.47 Å². The van der Waals surface area contributed by atoms with Gasteiger partial charge in [-0.15, -0.1) is 0 Å². The molecule has 0 bridgehead atoms. The van der Waals surface area contributed by atoms with Crippen molar-refractivity contribution in [1.29, 1.82) is 0 Å². The van der Waals surface area contributed by atoms with Crippen LogP contribution in [0.5, 0.6) is 11.8 Å². The Hall–Kier alpha value is -1.41. The topological polar surface area (TPSA) is 81.6 Å². The third-order valence-corrected chi connectivity index (χ3v) is 4.18. The molecular formula is C11H17N3O4S. The number of piperidine rings is 1. The molecule has 1 aromatic rings. The van der Waals surface area contributed by atoms with Gasteiger partial charge in [-0.3, -0.25) is 0 Å². The molecule has 0 spiro atoms. The number of sulfonamides is 1. The van der Waals surface area contributed by atoms with Gasteiger partial charge in [0, 0.05) is 18.9 Å². The van der Waals surface area contributed by atoms with Gasteiger partial charge in [0.2, 0.25) is 10.0 Å².